The second-order valence-corrected chi connectivity index (χ2v) is 12.1. The lowest BCUT2D eigenvalue weighted by Crippen LogP contribution is -2.10. The molecular weight excluding hydrogens is 558 g/mol. The largest absolute Gasteiger partial charge is 0.455 e. The number of nitrogens with zero attached hydrogens (tertiary/aromatic N) is 1. The van der Waals surface area contributed by atoms with Crippen LogP contribution in [-0.4, -0.2) is 0 Å². The van der Waals surface area contributed by atoms with Gasteiger partial charge in [0.15, 0.2) is 0 Å². The van der Waals surface area contributed by atoms with Crippen molar-refractivity contribution in [1.82, 2.24) is 0 Å². The lowest BCUT2D eigenvalue weighted by atomic mass is 9.97. The van der Waals surface area contributed by atoms with Crippen molar-refractivity contribution in [1.29, 1.82) is 0 Å². The molecule has 46 heavy (non-hydrogen) atoms. The predicted molar refractivity (Wildman–Crippen MR) is 196 cm³/mol. The third-order valence-electron chi connectivity index (χ3n) is 9.58. The zero-order chi connectivity index (χ0) is 30.2. The fraction of sp³-hybridized carbons (Fsp3) is 0. The minimum Gasteiger partial charge on any atom is -0.455 e. The number of hydrogen-bond donors (Lipinski definition) is 0. The summed E-state index contributed by atoms with van der Waals surface area (Å²) in [6, 6.07) is 59.3. The summed E-state index contributed by atoms with van der Waals surface area (Å²) in [4.78, 5) is 2.43. The maximum Gasteiger partial charge on any atom is 0.143 e. The molecule has 1 aromatic heterocycles. The van der Waals surface area contributed by atoms with E-state index in [0.717, 1.165) is 49.8 Å². The summed E-state index contributed by atoms with van der Waals surface area (Å²) < 4.78 is 6.42. The van der Waals surface area contributed by atoms with Gasteiger partial charge in [0.05, 0.1) is 5.69 Å². The number of benzene rings is 9. The Labute approximate surface area is 265 Å². The van der Waals surface area contributed by atoms with Crippen molar-refractivity contribution in [2.45, 2.75) is 0 Å². The molecule has 10 aromatic rings. The molecule has 2 nitrogen and oxygen atoms in total. The molecule has 0 amide bonds. The molecule has 214 valence electrons. The van der Waals surface area contributed by atoms with Gasteiger partial charge < -0.3 is 9.32 Å². The van der Waals surface area contributed by atoms with E-state index in [0.29, 0.717) is 0 Å². The van der Waals surface area contributed by atoms with Gasteiger partial charge in [0.2, 0.25) is 0 Å². The molecule has 0 spiro atoms. The zero-order valence-electron chi connectivity index (χ0n) is 24.9. The van der Waals surface area contributed by atoms with Crippen LogP contribution in [0.4, 0.5) is 17.1 Å². The normalized spacial score (nSPS) is 11.9. The first kappa shape index (κ1) is 25.2. The third-order valence-corrected chi connectivity index (χ3v) is 9.58. The highest BCUT2D eigenvalue weighted by atomic mass is 16.3. The molecule has 0 fully saturated rings. The topological polar surface area (TPSA) is 16.4 Å². The smallest absolute Gasteiger partial charge is 0.143 e. The Kier molecular flexibility index (Phi) is 5.31. The van der Waals surface area contributed by atoms with Crippen LogP contribution in [0.2, 0.25) is 0 Å². The van der Waals surface area contributed by atoms with Gasteiger partial charge in [-0.25, -0.2) is 0 Å². The molecule has 1 heterocycles. The van der Waals surface area contributed by atoms with Gasteiger partial charge >= 0.3 is 0 Å². The molecule has 0 aliphatic rings. The second-order valence-electron chi connectivity index (χ2n) is 12.1. The molecule has 0 aliphatic carbocycles. The number of furan rings is 1. The van der Waals surface area contributed by atoms with Gasteiger partial charge in [-0.3, -0.25) is 0 Å². The van der Waals surface area contributed by atoms with Crippen molar-refractivity contribution in [2.75, 3.05) is 4.90 Å². The van der Waals surface area contributed by atoms with Crippen LogP contribution in [0.15, 0.2) is 168 Å². The van der Waals surface area contributed by atoms with Gasteiger partial charge in [-0.05, 0) is 91.6 Å². The Hall–Kier alpha value is -6.12. The molecule has 0 saturated carbocycles. The summed E-state index contributed by atoms with van der Waals surface area (Å²) in [5.41, 5.74) is 5.22. The molecule has 0 radical (unpaired) electrons. The molecule has 2 heteroatoms. The number of hydrogen-bond acceptors (Lipinski definition) is 2. The third kappa shape index (κ3) is 3.71. The molecule has 0 aliphatic heterocycles. The molecule has 0 bridgehead atoms. The van der Waals surface area contributed by atoms with Crippen LogP contribution in [-0.2, 0) is 0 Å². The van der Waals surface area contributed by atoms with Gasteiger partial charge in [0.1, 0.15) is 11.2 Å². The van der Waals surface area contributed by atoms with E-state index < -0.39 is 0 Å². The van der Waals surface area contributed by atoms with Crippen LogP contribution in [0.25, 0.3) is 75.8 Å². The van der Waals surface area contributed by atoms with E-state index in [-0.39, 0.29) is 0 Å². The maximum atomic E-state index is 6.42. The highest BCUT2D eigenvalue weighted by Gasteiger charge is 2.19. The van der Waals surface area contributed by atoms with Crippen molar-refractivity contribution in [3.63, 3.8) is 0 Å². The van der Waals surface area contributed by atoms with E-state index in [9.17, 15) is 0 Å². The summed E-state index contributed by atoms with van der Waals surface area (Å²) in [5.74, 6) is 0. The quantitative estimate of drug-likeness (QED) is 0.192. The van der Waals surface area contributed by atoms with Crippen LogP contribution >= 0.6 is 0 Å². The van der Waals surface area contributed by atoms with Crippen molar-refractivity contribution in [3.8, 4) is 0 Å². The Bertz CT molecular complexity index is 2820. The lowest BCUT2D eigenvalue weighted by molar-refractivity contribution is 0.672. The van der Waals surface area contributed by atoms with Gasteiger partial charge in [-0.15, -0.1) is 0 Å². The van der Waals surface area contributed by atoms with Crippen molar-refractivity contribution < 1.29 is 4.42 Å². The van der Waals surface area contributed by atoms with E-state index in [2.05, 4.69) is 157 Å². The maximum absolute atomic E-state index is 6.42. The Morgan fingerprint density at radius 2 is 0.870 bits per heavy atom. The molecule has 9 aromatic carbocycles. The standard InChI is InChI=1S/C44H27NO/c1-3-11-34-28(9-1)17-18-29-19-21-33(27-41(29)34)45(42-26-30-10-2-4-12-35(30)37-13-5-6-14-38(37)42)32-22-24-36-31(25-32)20-23-40-39-15-7-8-16-43(39)46-44(36)40/h1-27H. The van der Waals surface area contributed by atoms with Gasteiger partial charge in [0, 0.05) is 32.9 Å². The number of fused-ring (bicyclic) bond motifs is 11. The first-order valence-electron chi connectivity index (χ1n) is 15.8. The van der Waals surface area contributed by atoms with Gasteiger partial charge in [-0.2, -0.15) is 0 Å². The average molecular weight is 586 g/mol. The molecule has 0 N–H and O–H groups in total. The molecule has 0 atom stereocenters. The van der Waals surface area contributed by atoms with E-state index >= 15 is 0 Å². The van der Waals surface area contributed by atoms with Crippen LogP contribution in [0.3, 0.4) is 0 Å². The van der Waals surface area contributed by atoms with Crippen LogP contribution in [0, 0.1) is 0 Å². The van der Waals surface area contributed by atoms with E-state index in [1.165, 1.54) is 43.1 Å². The summed E-state index contributed by atoms with van der Waals surface area (Å²) >= 11 is 0. The lowest BCUT2D eigenvalue weighted by Gasteiger charge is -2.28. The molecular formula is C44H27NO. The van der Waals surface area contributed by atoms with Crippen molar-refractivity contribution in [3.05, 3.63) is 164 Å². The molecule has 10 rings (SSSR count). The minimum atomic E-state index is 0.918. The van der Waals surface area contributed by atoms with Crippen LogP contribution in [0.5, 0.6) is 0 Å². The van der Waals surface area contributed by atoms with Gasteiger partial charge in [0.25, 0.3) is 0 Å². The van der Waals surface area contributed by atoms with E-state index in [1.54, 1.807) is 0 Å². The van der Waals surface area contributed by atoms with E-state index in [1.807, 2.05) is 12.1 Å². The Morgan fingerprint density at radius 3 is 1.72 bits per heavy atom. The zero-order valence-corrected chi connectivity index (χ0v) is 24.9. The molecule has 0 saturated heterocycles. The fourth-order valence-electron chi connectivity index (χ4n) is 7.41. The minimum absolute atomic E-state index is 0.918. The Morgan fingerprint density at radius 1 is 0.326 bits per heavy atom. The van der Waals surface area contributed by atoms with Crippen molar-refractivity contribution >= 4 is 92.9 Å². The highest BCUT2D eigenvalue weighted by Crippen LogP contribution is 2.44. The first-order chi connectivity index (χ1) is 22.8. The Balaban J connectivity index is 1.28. The van der Waals surface area contributed by atoms with Crippen LogP contribution in [0.1, 0.15) is 0 Å². The monoisotopic (exact) mass is 585 g/mol. The summed E-state index contributed by atoms with van der Waals surface area (Å²) in [5, 5.41) is 14.5. The van der Waals surface area contributed by atoms with Crippen LogP contribution < -0.4 is 4.90 Å². The van der Waals surface area contributed by atoms with Gasteiger partial charge in [-0.1, -0.05) is 115 Å². The number of para-hydroxylation sites is 1. The predicted octanol–water partition coefficient (Wildman–Crippen LogP) is 12.8. The van der Waals surface area contributed by atoms with E-state index in [4.69, 9.17) is 4.42 Å². The highest BCUT2D eigenvalue weighted by molar-refractivity contribution is 6.17. The fourth-order valence-corrected chi connectivity index (χ4v) is 7.41. The number of rotatable bonds is 3. The summed E-state index contributed by atoms with van der Waals surface area (Å²) in [6.45, 7) is 0. The summed E-state index contributed by atoms with van der Waals surface area (Å²) in [6.07, 6.45) is 0. The second kappa shape index (κ2) is 9.69. The summed E-state index contributed by atoms with van der Waals surface area (Å²) in [7, 11) is 0. The first-order valence-corrected chi connectivity index (χ1v) is 15.8. The molecule has 0 unspecified atom stereocenters. The van der Waals surface area contributed by atoms with Crippen molar-refractivity contribution in [2.24, 2.45) is 0 Å². The SMILES string of the molecule is c1ccc2c(c1)ccc1ccc(N(c3ccc4c(ccc5c6ccccc6oc45)c3)c3cc4ccccc4c4ccccc34)cc12. The number of anilines is 3. The average Bonchev–Trinajstić information content (AvgIpc) is 3.51.